The summed E-state index contributed by atoms with van der Waals surface area (Å²) in [6.45, 7) is 3.68. The molecule has 82 valence electrons. The van der Waals surface area contributed by atoms with Crippen molar-refractivity contribution in [3.63, 3.8) is 0 Å². The highest BCUT2D eigenvalue weighted by atomic mass is 79.9. The largest absolute Gasteiger partial charge is 0.508 e. The van der Waals surface area contributed by atoms with Crippen LogP contribution in [0.15, 0.2) is 18.2 Å². The first kappa shape index (κ1) is 12.0. The van der Waals surface area contributed by atoms with Crippen molar-refractivity contribution in [2.75, 3.05) is 5.33 Å². The lowest BCUT2D eigenvalue weighted by Gasteiger charge is -2.11. The lowest BCUT2D eigenvalue weighted by Crippen LogP contribution is -2.33. The molecule has 1 unspecified atom stereocenters. The van der Waals surface area contributed by atoms with Gasteiger partial charge in [-0.3, -0.25) is 4.79 Å². The highest BCUT2D eigenvalue weighted by Gasteiger charge is 2.09. The predicted octanol–water partition coefficient (Wildman–Crippen LogP) is 2.21. The molecule has 3 nitrogen and oxygen atoms in total. The third-order valence-electron chi connectivity index (χ3n) is 2.07. The van der Waals surface area contributed by atoms with E-state index in [1.165, 1.54) is 6.07 Å². The van der Waals surface area contributed by atoms with Crippen molar-refractivity contribution in [1.82, 2.24) is 5.32 Å². The lowest BCUT2D eigenvalue weighted by molar-refractivity contribution is 0.0944. The summed E-state index contributed by atoms with van der Waals surface area (Å²) in [5, 5.41) is 12.9. The standard InChI is InChI=1S/C11H14BrNO2/c1-7-5-9(3-4-10(7)14)11(15)13-8(2)6-12/h3-5,8,14H,6H2,1-2H3,(H,13,15). The first-order chi connectivity index (χ1) is 7.04. The monoisotopic (exact) mass is 271 g/mol. The van der Waals surface area contributed by atoms with Crippen molar-refractivity contribution in [3.8, 4) is 5.75 Å². The van der Waals surface area contributed by atoms with Gasteiger partial charge in [0.05, 0.1) is 0 Å². The average molecular weight is 272 g/mol. The Kier molecular flexibility index (Phi) is 4.15. The molecule has 0 aliphatic rings. The second kappa shape index (κ2) is 5.16. The van der Waals surface area contributed by atoms with E-state index in [0.29, 0.717) is 11.1 Å². The zero-order valence-electron chi connectivity index (χ0n) is 8.75. The minimum absolute atomic E-state index is 0.0895. The zero-order chi connectivity index (χ0) is 11.4. The Morgan fingerprint density at radius 3 is 2.80 bits per heavy atom. The molecule has 2 N–H and O–H groups in total. The fraction of sp³-hybridized carbons (Fsp3) is 0.364. The molecule has 0 saturated carbocycles. The average Bonchev–Trinajstić information content (AvgIpc) is 2.21. The smallest absolute Gasteiger partial charge is 0.251 e. The number of phenols is 1. The van der Waals surface area contributed by atoms with Crippen LogP contribution >= 0.6 is 15.9 Å². The van der Waals surface area contributed by atoms with Crippen molar-refractivity contribution in [2.45, 2.75) is 19.9 Å². The van der Waals surface area contributed by atoms with Crippen LogP contribution in [0.25, 0.3) is 0 Å². The van der Waals surface area contributed by atoms with Gasteiger partial charge < -0.3 is 10.4 Å². The van der Waals surface area contributed by atoms with Crippen LogP contribution in [0.4, 0.5) is 0 Å². The van der Waals surface area contributed by atoms with E-state index in [-0.39, 0.29) is 17.7 Å². The summed E-state index contributed by atoms with van der Waals surface area (Å²) in [7, 11) is 0. The molecule has 1 atom stereocenters. The Labute approximate surface area is 97.6 Å². The Balaban J connectivity index is 2.78. The number of amides is 1. The third-order valence-corrected chi connectivity index (χ3v) is 3.04. The second-order valence-corrected chi connectivity index (χ2v) is 4.18. The number of hydrogen-bond acceptors (Lipinski definition) is 2. The molecule has 0 heterocycles. The number of benzene rings is 1. The van der Waals surface area contributed by atoms with Gasteiger partial charge in [-0.25, -0.2) is 0 Å². The molecule has 0 spiro atoms. The molecule has 0 fully saturated rings. The first-order valence-corrected chi connectivity index (χ1v) is 5.83. The van der Waals surface area contributed by atoms with Crippen LogP contribution in [0, 0.1) is 6.92 Å². The number of phenolic OH excluding ortho intramolecular Hbond substituents is 1. The molecule has 1 rings (SSSR count). The number of halogens is 1. The van der Waals surface area contributed by atoms with E-state index in [0.717, 1.165) is 5.33 Å². The summed E-state index contributed by atoms with van der Waals surface area (Å²) < 4.78 is 0. The van der Waals surface area contributed by atoms with Gasteiger partial charge in [0, 0.05) is 16.9 Å². The van der Waals surface area contributed by atoms with Crippen LogP contribution < -0.4 is 5.32 Å². The Morgan fingerprint density at radius 2 is 2.27 bits per heavy atom. The van der Waals surface area contributed by atoms with Gasteiger partial charge in [-0.15, -0.1) is 0 Å². The van der Waals surface area contributed by atoms with Crippen LogP contribution in [-0.2, 0) is 0 Å². The molecule has 4 heteroatoms. The molecule has 1 amide bonds. The van der Waals surface area contributed by atoms with E-state index in [1.807, 2.05) is 6.92 Å². The van der Waals surface area contributed by atoms with E-state index < -0.39 is 0 Å². The van der Waals surface area contributed by atoms with Gasteiger partial charge in [0.25, 0.3) is 5.91 Å². The summed E-state index contributed by atoms with van der Waals surface area (Å²) in [6, 6.07) is 4.90. The van der Waals surface area contributed by atoms with Crippen molar-refractivity contribution < 1.29 is 9.90 Å². The van der Waals surface area contributed by atoms with Crippen molar-refractivity contribution in [1.29, 1.82) is 0 Å². The Hall–Kier alpha value is -1.03. The number of carbonyl (C=O) groups is 1. The lowest BCUT2D eigenvalue weighted by atomic mass is 10.1. The molecule has 0 aliphatic carbocycles. The third kappa shape index (κ3) is 3.23. The first-order valence-electron chi connectivity index (χ1n) is 4.71. The van der Waals surface area contributed by atoms with Gasteiger partial charge in [-0.1, -0.05) is 15.9 Å². The van der Waals surface area contributed by atoms with Crippen molar-refractivity contribution in [3.05, 3.63) is 29.3 Å². The number of aromatic hydroxyl groups is 1. The summed E-state index contributed by atoms with van der Waals surface area (Å²) in [6.07, 6.45) is 0. The number of alkyl halides is 1. The summed E-state index contributed by atoms with van der Waals surface area (Å²) >= 11 is 3.29. The molecule has 1 aromatic rings. The molecule has 0 radical (unpaired) electrons. The van der Waals surface area contributed by atoms with Crippen LogP contribution in [0.1, 0.15) is 22.8 Å². The SMILES string of the molecule is Cc1cc(C(=O)NC(C)CBr)ccc1O. The topological polar surface area (TPSA) is 49.3 Å². The summed E-state index contributed by atoms with van der Waals surface area (Å²) in [4.78, 5) is 11.7. The maximum Gasteiger partial charge on any atom is 0.251 e. The highest BCUT2D eigenvalue weighted by Crippen LogP contribution is 2.16. The highest BCUT2D eigenvalue weighted by molar-refractivity contribution is 9.09. The van der Waals surface area contributed by atoms with E-state index in [1.54, 1.807) is 19.1 Å². The quantitative estimate of drug-likeness (QED) is 0.829. The number of aryl methyl sites for hydroxylation is 1. The van der Waals surface area contributed by atoms with Gasteiger partial charge in [-0.05, 0) is 37.6 Å². The van der Waals surface area contributed by atoms with Gasteiger partial charge in [0.15, 0.2) is 0 Å². The van der Waals surface area contributed by atoms with E-state index >= 15 is 0 Å². The summed E-state index contributed by atoms with van der Waals surface area (Å²) in [5.74, 6) is 0.0881. The molecule has 15 heavy (non-hydrogen) atoms. The van der Waals surface area contributed by atoms with Crippen LogP contribution in [0.5, 0.6) is 5.75 Å². The second-order valence-electron chi connectivity index (χ2n) is 3.53. The molecule has 0 saturated heterocycles. The van der Waals surface area contributed by atoms with Crippen LogP contribution in [0.3, 0.4) is 0 Å². The van der Waals surface area contributed by atoms with Crippen molar-refractivity contribution in [2.24, 2.45) is 0 Å². The van der Waals surface area contributed by atoms with Crippen LogP contribution in [-0.4, -0.2) is 22.4 Å². The maximum absolute atomic E-state index is 11.7. The predicted molar refractivity (Wildman–Crippen MR) is 63.6 cm³/mol. The number of nitrogens with one attached hydrogen (secondary N) is 1. The fourth-order valence-electron chi connectivity index (χ4n) is 1.14. The Bertz CT molecular complexity index is 366. The van der Waals surface area contributed by atoms with Gasteiger partial charge in [0.2, 0.25) is 0 Å². The van der Waals surface area contributed by atoms with E-state index in [2.05, 4.69) is 21.2 Å². The van der Waals surface area contributed by atoms with Crippen LogP contribution in [0.2, 0.25) is 0 Å². The van der Waals surface area contributed by atoms with Gasteiger partial charge in [-0.2, -0.15) is 0 Å². The van der Waals surface area contributed by atoms with Gasteiger partial charge >= 0.3 is 0 Å². The molecule has 0 bridgehead atoms. The van der Waals surface area contributed by atoms with Gasteiger partial charge in [0.1, 0.15) is 5.75 Å². The number of hydrogen-bond donors (Lipinski definition) is 2. The summed E-state index contributed by atoms with van der Waals surface area (Å²) in [5.41, 5.74) is 1.27. The number of rotatable bonds is 3. The molecule has 0 aromatic heterocycles. The minimum Gasteiger partial charge on any atom is -0.508 e. The van der Waals surface area contributed by atoms with Crippen molar-refractivity contribution >= 4 is 21.8 Å². The number of carbonyl (C=O) groups excluding carboxylic acids is 1. The molecule has 0 aliphatic heterocycles. The normalized spacial score (nSPS) is 12.2. The minimum atomic E-state index is -0.120. The molecular formula is C11H14BrNO2. The molecule has 1 aromatic carbocycles. The molecular weight excluding hydrogens is 258 g/mol. The van der Waals surface area contributed by atoms with E-state index in [4.69, 9.17) is 0 Å². The maximum atomic E-state index is 11.7. The van der Waals surface area contributed by atoms with E-state index in [9.17, 15) is 9.90 Å². The Morgan fingerprint density at radius 1 is 1.60 bits per heavy atom. The zero-order valence-corrected chi connectivity index (χ0v) is 10.3. The fourth-order valence-corrected chi connectivity index (χ4v) is 1.30.